The van der Waals surface area contributed by atoms with Crippen molar-refractivity contribution in [3.63, 3.8) is 0 Å². The molecular formula is C37H43F2N3O4S. The number of rotatable bonds is 16. The summed E-state index contributed by atoms with van der Waals surface area (Å²) in [5, 5.41) is 16.9. The number of allylic oxidation sites excluding steroid dienone is 2. The summed E-state index contributed by atoms with van der Waals surface area (Å²) in [7, 11) is 0. The highest BCUT2D eigenvalue weighted by atomic mass is 32.1. The van der Waals surface area contributed by atoms with Crippen molar-refractivity contribution >= 4 is 29.4 Å². The number of aldehydes is 1. The number of nitrogens with zero attached hydrogens (tertiary/aromatic N) is 1. The van der Waals surface area contributed by atoms with Crippen LogP contribution in [0.5, 0.6) is 0 Å². The van der Waals surface area contributed by atoms with E-state index >= 15 is 0 Å². The van der Waals surface area contributed by atoms with Gasteiger partial charge in [-0.2, -0.15) is 0 Å². The fourth-order valence-electron chi connectivity index (χ4n) is 6.56. The monoisotopic (exact) mass is 663 g/mol. The molecule has 2 aromatic carbocycles. The molecule has 0 saturated carbocycles. The maximum absolute atomic E-state index is 14.3. The molecule has 1 aromatic heterocycles. The zero-order valence-electron chi connectivity index (χ0n) is 27.1. The maximum atomic E-state index is 14.3. The molecule has 0 radical (unpaired) electrons. The third-order valence-electron chi connectivity index (χ3n) is 8.60. The first-order valence-corrected chi connectivity index (χ1v) is 16.8. The lowest BCUT2D eigenvalue weighted by Crippen LogP contribution is -2.51. The number of carbonyl (C=O) groups is 3. The van der Waals surface area contributed by atoms with Crippen LogP contribution in [0.15, 0.2) is 77.2 Å². The summed E-state index contributed by atoms with van der Waals surface area (Å²) in [6.07, 6.45) is 4.49. The molecule has 250 valence electrons. The number of benzene rings is 2. The smallest absolute Gasteiger partial charge is 0.249 e. The second-order valence-electron chi connectivity index (χ2n) is 12.2. The van der Waals surface area contributed by atoms with E-state index < -0.39 is 35.0 Å². The lowest BCUT2D eigenvalue weighted by molar-refractivity contribution is -0.132. The minimum Gasteiger partial charge on any atom is -0.391 e. The van der Waals surface area contributed by atoms with Gasteiger partial charge in [-0.05, 0) is 78.9 Å². The van der Waals surface area contributed by atoms with Gasteiger partial charge in [-0.25, -0.2) is 8.78 Å². The van der Waals surface area contributed by atoms with Crippen molar-refractivity contribution in [2.24, 2.45) is 17.1 Å². The van der Waals surface area contributed by atoms with Crippen LogP contribution in [0.25, 0.3) is 11.1 Å². The zero-order valence-corrected chi connectivity index (χ0v) is 27.9. The first kappa shape index (κ1) is 35.9. The highest BCUT2D eigenvalue weighted by Crippen LogP contribution is 2.44. The van der Waals surface area contributed by atoms with E-state index in [0.717, 1.165) is 41.9 Å². The van der Waals surface area contributed by atoms with Gasteiger partial charge >= 0.3 is 0 Å². The molecule has 0 fully saturated rings. The Kier molecular flexibility index (Phi) is 12.4. The summed E-state index contributed by atoms with van der Waals surface area (Å²) >= 11 is 1.37. The lowest BCUT2D eigenvalue weighted by Gasteiger charge is -2.42. The second-order valence-corrected chi connectivity index (χ2v) is 13.2. The van der Waals surface area contributed by atoms with E-state index in [0.29, 0.717) is 35.7 Å². The molecule has 4 rings (SSSR count). The quantitative estimate of drug-likeness (QED) is 0.158. The predicted molar refractivity (Wildman–Crippen MR) is 182 cm³/mol. The third kappa shape index (κ3) is 8.68. The van der Waals surface area contributed by atoms with Crippen molar-refractivity contribution in [1.29, 1.82) is 0 Å². The van der Waals surface area contributed by atoms with E-state index in [1.165, 1.54) is 23.5 Å². The minimum absolute atomic E-state index is 0.0252. The number of hydrogen-bond acceptors (Lipinski definition) is 6. The Bertz CT molecular complexity index is 1630. The standard InChI is InChI=1S/C37H43F2N3O4S/c1-4-10-42(11-5-2)35(45)28-13-24(3)19-37(20-28,36(40)46)32(17-26-15-29(38)18-30(39)16-26)33(44)22-41-21-25-7-6-8-27(14-25)31-9-12-47-34(31)23-43/h6-9,12-16,18-19,23,32-33,41,44H,4-5,10-11,17,20-22H2,1-3H3,(H2,40,46)/t32-,33+,37?/m1/s1. The first-order chi connectivity index (χ1) is 22.5. The van der Waals surface area contributed by atoms with Crippen LogP contribution in [-0.2, 0) is 22.6 Å². The summed E-state index contributed by atoms with van der Waals surface area (Å²) in [4.78, 5) is 41.1. The molecule has 10 heteroatoms. The summed E-state index contributed by atoms with van der Waals surface area (Å²) in [5.41, 5.74) is 8.56. The Balaban J connectivity index is 1.64. The van der Waals surface area contributed by atoms with Crippen LogP contribution in [0.4, 0.5) is 8.78 Å². The van der Waals surface area contributed by atoms with Crippen LogP contribution >= 0.6 is 11.3 Å². The number of aliphatic hydroxyl groups is 1. The van der Waals surface area contributed by atoms with Gasteiger partial charge in [-0.15, -0.1) is 11.3 Å². The van der Waals surface area contributed by atoms with E-state index in [9.17, 15) is 28.3 Å². The Morgan fingerprint density at radius 1 is 1.09 bits per heavy atom. The molecule has 1 aliphatic carbocycles. The molecule has 0 bridgehead atoms. The van der Waals surface area contributed by atoms with Crippen molar-refractivity contribution in [1.82, 2.24) is 10.2 Å². The van der Waals surface area contributed by atoms with E-state index in [1.54, 1.807) is 24.0 Å². The molecule has 0 aliphatic heterocycles. The molecule has 47 heavy (non-hydrogen) atoms. The number of nitrogens with one attached hydrogen (secondary N) is 1. The first-order valence-electron chi connectivity index (χ1n) is 16.0. The number of hydrogen-bond donors (Lipinski definition) is 3. The van der Waals surface area contributed by atoms with Gasteiger partial charge in [0.05, 0.1) is 16.4 Å². The zero-order chi connectivity index (χ0) is 34.1. The van der Waals surface area contributed by atoms with Crippen molar-refractivity contribution in [3.05, 3.63) is 105 Å². The van der Waals surface area contributed by atoms with Crippen molar-refractivity contribution in [2.75, 3.05) is 19.6 Å². The average Bonchev–Trinajstić information content (AvgIpc) is 3.51. The molecule has 0 saturated heterocycles. The number of primary amides is 1. The molecule has 0 spiro atoms. The lowest BCUT2D eigenvalue weighted by atomic mass is 9.63. The molecular weight excluding hydrogens is 620 g/mol. The van der Waals surface area contributed by atoms with Crippen LogP contribution < -0.4 is 11.1 Å². The van der Waals surface area contributed by atoms with Gasteiger partial charge in [0.15, 0.2) is 6.29 Å². The minimum atomic E-state index is -1.51. The molecule has 1 aliphatic rings. The van der Waals surface area contributed by atoms with Crippen molar-refractivity contribution < 1.29 is 28.3 Å². The Hall–Kier alpha value is -3.99. The number of aliphatic hydroxyl groups excluding tert-OH is 1. The molecule has 3 atom stereocenters. The van der Waals surface area contributed by atoms with Crippen LogP contribution in [-0.4, -0.2) is 53.8 Å². The van der Waals surface area contributed by atoms with Crippen LogP contribution in [0.2, 0.25) is 0 Å². The summed E-state index contributed by atoms with van der Waals surface area (Å²) in [6.45, 7) is 7.24. The van der Waals surface area contributed by atoms with Crippen molar-refractivity contribution in [3.8, 4) is 11.1 Å². The third-order valence-corrected chi connectivity index (χ3v) is 9.45. The van der Waals surface area contributed by atoms with E-state index in [-0.39, 0.29) is 30.9 Å². The fourth-order valence-corrected chi connectivity index (χ4v) is 7.28. The van der Waals surface area contributed by atoms with Crippen LogP contribution in [0.3, 0.4) is 0 Å². The van der Waals surface area contributed by atoms with Crippen LogP contribution in [0.1, 0.15) is 60.8 Å². The molecule has 2 amide bonds. The number of nitrogens with two attached hydrogens (primary N) is 1. The van der Waals surface area contributed by atoms with Crippen LogP contribution in [0, 0.1) is 23.0 Å². The molecule has 1 unspecified atom stereocenters. The fraction of sp³-hybridized carbons (Fsp3) is 0.378. The molecule has 4 N–H and O–H groups in total. The topological polar surface area (TPSA) is 113 Å². The summed E-state index contributed by atoms with van der Waals surface area (Å²) in [6, 6.07) is 12.7. The van der Waals surface area contributed by atoms with Gasteiger partial charge in [0, 0.05) is 49.3 Å². The predicted octanol–water partition coefficient (Wildman–Crippen LogP) is 6.21. The van der Waals surface area contributed by atoms with Gasteiger partial charge in [0.2, 0.25) is 11.8 Å². The normalized spacial score (nSPS) is 17.4. The summed E-state index contributed by atoms with van der Waals surface area (Å²) < 4.78 is 28.6. The van der Waals surface area contributed by atoms with Crippen molar-refractivity contribution in [2.45, 2.75) is 59.1 Å². The van der Waals surface area contributed by atoms with E-state index in [4.69, 9.17) is 5.73 Å². The number of halogens is 2. The highest BCUT2D eigenvalue weighted by Gasteiger charge is 2.48. The van der Waals surface area contributed by atoms with Gasteiger partial charge < -0.3 is 21.1 Å². The van der Waals surface area contributed by atoms with E-state index in [2.05, 4.69) is 5.32 Å². The molecule has 7 nitrogen and oxygen atoms in total. The Morgan fingerprint density at radius 2 is 1.79 bits per heavy atom. The molecule has 1 heterocycles. The second kappa shape index (κ2) is 16.2. The largest absolute Gasteiger partial charge is 0.391 e. The summed E-state index contributed by atoms with van der Waals surface area (Å²) in [5.74, 6) is -3.41. The maximum Gasteiger partial charge on any atom is 0.249 e. The SMILES string of the molecule is CCCN(CCC)C(=O)C1=CC(C)=CC(C(N)=O)([C@H](Cc2cc(F)cc(F)c2)[C@@H](O)CNCc2cccc(-c3ccsc3C=O)c2)C1. The highest BCUT2D eigenvalue weighted by molar-refractivity contribution is 7.12. The Labute approximate surface area is 279 Å². The van der Waals surface area contributed by atoms with E-state index in [1.807, 2.05) is 49.6 Å². The number of thiophene rings is 1. The number of carbonyl (C=O) groups excluding carboxylic acids is 3. The Morgan fingerprint density at radius 3 is 2.43 bits per heavy atom. The van der Waals surface area contributed by atoms with Gasteiger partial charge in [-0.1, -0.05) is 49.8 Å². The molecule has 3 aromatic rings. The van der Waals surface area contributed by atoms with Gasteiger partial charge in [0.1, 0.15) is 11.6 Å². The average molecular weight is 664 g/mol. The van der Waals surface area contributed by atoms with Gasteiger partial charge in [0.25, 0.3) is 0 Å². The van der Waals surface area contributed by atoms with Gasteiger partial charge in [-0.3, -0.25) is 14.4 Å². The number of amides is 2.